The summed E-state index contributed by atoms with van der Waals surface area (Å²) in [6.45, 7) is 3.57. The average molecular weight is 267 g/mol. The van der Waals surface area contributed by atoms with Crippen LogP contribution in [0.15, 0.2) is 6.33 Å². The lowest BCUT2D eigenvalue weighted by Crippen LogP contribution is -2.13. The van der Waals surface area contributed by atoms with Crippen LogP contribution in [0.5, 0.6) is 0 Å². The Hall–Kier alpha value is -1.96. The molecule has 0 bridgehead atoms. The minimum Gasteiger partial charge on any atom is -0.478 e. The maximum absolute atomic E-state index is 11.1. The Bertz CT molecular complexity index is 577. The summed E-state index contributed by atoms with van der Waals surface area (Å²) in [7, 11) is 1.84. The van der Waals surface area contributed by atoms with E-state index in [4.69, 9.17) is 5.11 Å². The minimum absolute atomic E-state index is 0.143. The smallest absolute Gasteiger partial charge is 0.340 e. The first-order chi connectivity index (χ1) is 8.50. The number of carboxylic acids is 1. The molecule has 2 aromatic rings. The molecule has 2 heterocycles. The molecule has 0 radical (unpaired) electrons. The molecule has 96 valence electrons. The summed E-state index contributed by atoms with van der Waals surface area (Å²) >= 11 is 1.14. The van der Waals surface area contributed by atoms with Crippen molar-refractivity contribution in [2.45, 2.75) is 19.9 Å². The van der Waals surface area contributed by atoms with Crippen LogP contribution in [0.4, 0.5) is 5.00 Å². The summed E-state index contributed by atoms with van der Waals surface area (Å²) in [5.41, 5.74) is 0.731. The molecule has 1 unspecified atom stereocenters. The lowest BCUT2D eigenvalue weighted by molar-refractivity contribution is 0.0697. The van der Waals surface area contributed by atoms with E-state index in [1.165, 1.54) is 0 Å². The lowest BCUT2D eigenvalue weighted by atomic mass is 10.2. The Morgan fingerprint density at radius 1 is 1.61 bits per heavy atom. The third-order valence-electron chi connectivity index (χ3n) is 2.56. The second-order valence-corrected chi connectivity index (χ2v) is 4.72. The van der Waals surface area contributed by atoms with Gasteiger partial charge in [-0.2, -0.15) is 4.37 Å². The highest BCUT2D eigenvalue weighted by molar-refractivity contribution is 7.10. The number of carboxylic acid groups (broad SMARTS) is 1. The fraction of sp³-hybridized carbons (Fsp3) is 0.400. The molecule has 0 amide bonds. The van der Waals surface area contributed by atoms with Gasteiger partial charge in [-0.25, -0.2) is 4.79 Å². The minimum atomic E-state index is -0.978. The van der Waals surface area contributed by atoms with E-state index in [2.05, 4.69) is 19.9 Å². The summed E-state index contributed by atoms with van der Waals surface area (Å²) in [6, 6.07) is -0.143. The molecule has 0 aliphatic rings. The first-order valence-electron chi connectivity index (χ1n) is 5.30. The third-order valence-corrected chi connectivity index (χ3v) is 3.43. The predicted molar refractivity (Wildman–Crippen MR) is 66.9 cm³/mol. The number of aromatic carboxylic acids is 1. The third kappa shape index (κ3) is 2.19. The number of anilines is 1. The van der Waals surface area contributed by atoms with Gasteiger partial charge in [0, 0.05) is 7.05 Å². The van der Waals surface area contributed by atoms with Gasteiger partial charge in [0.05, 0.1) is 11.7 Å². The van der Waals surface area contributed by atoms with Crippen molar-refractivity contribution >= 4 is 22.5 Å². The number of carbonyl (C=O) groups is 1. The summed E-state index contributed by atoms with van der Waals surface area (Å²) < 4.78 is 5.83. The van der Waals surface area contributed by atoms with Gasteiger partial charge < -0.3 is 15.0 Å². The monoisotopic (exact) mass is 267 g/mol. The van der Waals surface area contributed by atoms with E-state index in [-0.39, 0.29) is 11.6 Å². The van der Waals surface area contributed by atoms with Crippen LogP contribution in [0.2, 0.25) is 0 Å². The Morgan fingerprint density at radius 3 is 2.89 bits per heavy atom. The fourth-order valence-electron chi connectivity index (χ4n) is 1.67. The van der Waals surface area contributed by atoms with Gasteiger partial charge in [0.2, 0.25) is 0 Å². The lowest BCUT2D eigenvalue weighted by Gasteiger charge is -2.12. The molecule has 18 heavy (non-hydrogen) atoms. The molecular weight excluding hydrogens is 254 g/mol. The molecule has 0 aliphatic carbocycles. The molecule has 0 saturated heterocycles. The molecule has 2 aromatic heterocycles. The molecule has 0 aliphatic heterocycles. The first kappa shape index (κ1) is 12.5. The van der Waals surface area contributed by atoms with Gasteiger partial charge in [0.1, 0.15) is 16.9 Å². The SMILES string of the molecule is Cc1nsc(NC(C)c2nncn2C)c1C(=O)O. The molecule has 0 spiro atoms. The van der Waals surface area contributed by atoms with Crippen LogP contribution >= 0.6 is 11.5 Å². The highest BCUT2D eigenvalue weighted by Gasteiger charge is 2.20. The molecule has 8 heteroatoms. The molecular formula is C10H13N5O2S. The zero-order valence-corrected chi connectivity index (χ0v) is 11.0. The Labute approximate surface area is 108 Å². The normalized spacial score (nSPS) is 12.4. The van der Waals surface area contributed by atoms with Crippen LogP contribution in [0.1, 0.15) is 34.8 Å². The molecule has 7 nitrogen and oxygen atoms in total. The van der Waals surface area contributed by atoms with Gasteiger partial charge in [-0.05, 0) is 25.4 Å². The number of hydrogen-bond donors (Lipinski definition) is 2. The highest BCUT2D eigenvalue weighted by Crippen LogP contribution is 2.27. The Kier molecular flexibility index (Phi) is 3.28. The van der Waals surface area contributed by atoms with Crippen molar-refractivity contribution in [3.05, 3.63) is 23.4 Å². The second-order valence-electron chi connectivity index (χ2n) is 3.94. The fourth-order valence-corrected chi connectivity index (χ4v) is 2.54. The van der Waals surface area contributed by atoms with Gasteiger partial charge in [-0.1, -0.05) is 0 Å². The van der Waals surface area contributed by atoms with E-state index >= 15 is 0 Å². The number of rotatable bonds is 4. The van der Waals surface area contributed by atoms with Crippen molar-refractivity contribution in [2.75, 3.05) is 5.32 Å². The number of nitrogens with zero attached hydrogens (tertiary/aromatic N) is 4. The molecule has 0 aromatic carbocycles. The number of nitrogens with one attached hydrogen (secondary N) is 1. The highest BCUT2D eigenvalue weighted by atomic mass is 32.1. The largest absolute Gasteiger partial charge is 0.478 e. The predicted octanol–water partition coefficient (Wildman–Crippen LogP) is 1.45. The zero-order valence-electron chi connectivity index (χ0n) is 10.2. The second kappa shape index (κ2) is 4.73. The molecule has 1 atom stereocenters. The number of aromatic nitrogens is 4. The van der Waals surface area contributed by atoms with Crippen LogP contribution in [0, 0.1) is 6.92 Å². The van der Waals surface area contributed by atoms with Crippen molar-refractivity contribution in [2.24, 2.45) is 7.05 Å². The van der Waals surface area contributed by atoms with E-state index in [1.807, 2.05) is 14.0 Å². The van der Waals surface area contributed by atoms with Gasteiger partial charge in [-0.15, -0.1) is 10.2 Å². The summed E-state index contributed by atoms with van der Waals surface area (Å²) in [5, 5.41) is 20.5. The summed E-state index contributed by atoms with van der Waals surface area (Å²) in [4.78, 5) is 11.1. The maximum Gasteiger partial charge on any atom is 0.340 e. The van der Waals surface area contributed by atoms with Crippen LogP contribution < -0.4 is 5.32 Å². The van der Waals surface area contributed by atoms with Crippen LogP contribution in [0.3, 0.4) is 0 Å². The van der Waals surface area contributed by atoms with Gasteiger partial charge in [0.15, 0.2) is 5.82 Å². The van der Waals surface area contributed by atoms with E-state index in [0.717, 1.165) is 17.4 Å². The summed E-state index contributed by atoms with van der Waals surface area (Å²) in [6.07, 6.45) is 1.60. The summed E-state index contributed by atoms with van der Waals surface area (Å²) in [5.74, 6) is -0.244. The van der Waals surface area contributed by atoms with E-state index in [0.29, 0.717) is 10.7 Å². The van der Waals surface area contributed by atoms with Crippen LogP contribution in [-0.2, 0) is 7.05 Å². The standard InChI is InChI=1S/C10H13N5O2S/c1-5-7(10(16)17)9(18-14-5)12-6(2)8-13-11-4-15(8)3/h4,6,12H,1-3H3,(H,16,17). The van der Waals surface area contributed by atoms with Gasteiger partial charge in [0.25, 0.3) is 0 Å². The van der Waals surface area contributed by atoms with E-state index in [1.54, 1.807) is 17.8 Å². The van der Waals surface area contributed by atoms with Gasteiger partial charge in [-0.3, -0.25) is 0 Å². The topological polar surface area (TPSA) is 92.9 Å². The molecule has 2 rings (SSSR count). The van der Waals surface area contributed by atoms with Crippen LogP contribution in [-0.4, -0.2) is 30.2 Å². The van der Waals surface area contributed by atoms with Crippen molar-refractivity contribution in [1.82, 2.24) is 19.1 Å². The Morgan fingerprint density at radius 2 is 2.33 bits per heavy atom. The zero-order chi connectivity index (χ0) is 13.3. The first-order valence-corrected chi connectivity index (χ1v) is 6.08. The van der Waals surface area contributed by atoms with E-state index in [9.17, 15) is 4.79 Å². The molecule has 0 saturated carbocycles. The van der Waals surface area contributed by atoms with Crippen molar-refractivity contribution in [1.29, 1.82) is 0 Å². The van der Waals surface area contributed by atoms with Crippen molar-refractivity contribution in [3.8, 4) is 0 Å². The van der Waals surface area contributed by atoms with E-state index < -0.39 is 5.97 Å². The van der Waals surface area contributed by atoms with Crippen LogP contribution in [0.25, 0.3) is 0 Å². The maximum atomic E-state index is 11.1. The van der Waals surface area contributed by atoms with Gasteiger partial charge >= 0.3 is 5.97 Å². The van der Waals surface area contributed by atoms with Crippen molar-refractivity contribution < 1.29 is 9.90 Å². The molecule has 0 fully saturated rings. The quantitative estimate of drug-likeness (QED) is 0.871. The average Bonchev–Trinajstić information content (AvgIpc) is 2.85. The number of hydrogen-bond acceptors (Lipinski definition) is 6. The molecule has 2 N–H and O–H groups in total. The number of aryl methyl sites for hydroxylation is 2. The van der Waals surface area contributed by atoms with Crippen molar-refractivity contribution in [3.63, 3.8) is 0 Å². The Balaban J connectivity index is 2.25.